The summed E-state index contributed by atoms with van der Waals surface area (Å²) in [7, 11) is 1.73. The zero-order chi connectivity index (χ0) is 14.8. The van der Waals surface area contributed by atoms with E-state index in [1.807, 2.05) is 0 Å². The summed E-state index contributed by atoms with van der Waals surface area (Å²) in [6.07, 6.45) is 2.72. The predicted octanol–water partition coefficient (Wildman–Crippen LogP) is 4.80. The minimum absolute atomic E-state index is 0.829. The van der Waals surface area contributed by atoms with Crippen LogP contribution in [0.2, 0.25) is 0 Å². The molecule has 0 unspecified atom stereocenters. The van der Waals surface area contributed by atoms with Gasteiger partial charge in [-0.3, -0.25) is 0 Å². The largest absolute Gasteiger partial charge is 0.496 e. The van der Waals surface area contributed by atoms with Crippen LogP contribution in [0.5, 0.6) is 5.75 Å². The molecule has 1 aliphatic carbocycles. The van der Waals surface area contributed by atoms with Crippen LogP contribution in [0.15, 0.2) is 36.4 Å². The first kappa shape index (κ1) is 14.0. The molecule has 2 heteroatoms. The van der Waals surface area contributed by atoms with Crippen molar-refractivity contribution in [2.45, 2.75) is 39.2 Å². The van der Waals surface area contributed by atoms with Crippen molar-refractivity contribution in [1.29, 1.82) is 0 Å². The molecule has 3 rings (SSSR count). The van der Waals surface area contributed by atoms with Gasteiger partial charge in [-0.05, 0) is 55.4 Å². The van der Waals surface area contributed by atoms with Crippen molar-refractivity contribution in [1.82, 2.24) is 0 Å². The fourth-order valence-electron chi connectivity index (χ4n) is 2.85. The fourth-order valence-corrected chi connectivity index (χ4v) is 2.85. The Morgan fingerprint density at radius 3 is 2.38 bits per heavy atom. The lowest BCUT2D eigenvalue weighted by molar-refractivity contribution is 0.409. The van der Waals surface area contributed by atoms with Gasteiger partial charge in [-0.2, -0.15) is 0 Å². The Morgan fingerprint density at radius 1 is 1.05 bits per heavy atom. The second-order valence-corrected chi connectivity index (χ2v) is 5.96. The molecule has 0 aliphatic heterocycles. The molecule has 0 heterocycles. The highest BCUT2D eigenvalue weighted by Crippen LogP contribution is 2.39. The van der Waals surface area contributed by atoms with Crippen LogP contribution >= 0.6 is 0 Å². The summed E-state index contributed by atoms with van der Waals surface area (Å²) in [5.41, 5.74) is 6.30. The van der Waals surface area contributed by atoms with Crippen LogP contribution in [0.25, 0.3) is 0 Å². The number of nitrogens with one attached hydrogen (secondary N) is 1. The van der Waals surface area contributed by atoms with Crippen LogP contribution in [-0.2, 0) is 6.54 Å². The van der Waals surface area contributed by atoms with E-state index >= 15 is 0 Å². The molecule has 1 saturated carbocycles. The summed E-state index contributed by atoms with van der Waals surface area (Å²) < 4.78 is 5.48. The van der Waals surface area contributed by atoms with Crippen molar-refractivity contribution in [2.75, 3.05) is 12.4 Å². The molecule has 21 heavy (non-hydrogen) atoms. The maximum Gasteiger partial charge on any atom is 0.126 e. The van der Waals surface area contributed by atoms with E-state index in [1.165, 1.54) is 35.1 Å². The number of methoxy groups -OCH3 is 1. The van der Waals surface area contributed by atoms with Gasteiger partial charge < -0.3 is 10.1 Å². The lowest BCUT2D eigenvalue weighted by atomic mass is 10.1. The Kier molecular flexibility index (Phi) is 3.87. The van der Waals surface area contributed by atoms with Crippen molar-refractivity contribution in [2.24, 2.45) is 0 Å². The molecular weight excluding hydrogens is 258 g/mol. The first-order valence-electron chi connectivity index (χ1n) is 7.66. The predicted molar refractivity (Wildman–Crippen MR) is 88.2 cm³/mol. The molecule has 110 valence electrons. The number of hydrogen-bond acceptors (Lipinski definition) is 2. The van der Waals surface area contributed by atoms with Gasteiger partial charge in [-0.25, -0.2) is 0 Å². The minimum Gasteiger partial charge on any atom is -0.496 e. The number of rotatable bonds is 5. The van der Waals surface area contributed by atoms with Crippen molar-refractivity contribution in [3.8, 4) is 5.75 Å². The lowest BCUT2D eigenvalue weighted by Crippen LogP contribution is -2.03. The van der Waals surface area contributed by atoms with Crippen LogP contribution in [0.4, 0.5) is 5.69 Å². The summed E-state index contributed by atoms with van der Waals surface area (Å²) in [5.74, 6) is 1.81. The first-order valence-corrected chi connectivity index (χ1v) is 7.66. The molecule has 1 N–H and O–H groups in total. The van der Waals surface area contributed by atoms with E-state index in [0.29, 0.717) is 0 Å². The van der Waals surface area contributed by atoms with Crippen molar-refractivity contribution in [3.05, 3.63) is 58.7 Å². The summed E-state index contributed by atoms with van der Waals surface area (Å²) in [6.45, 7) is 5.02. The summed E-state index contributed by atoms with van der Waals surface area (Å²) in [5, 5.41) is 3.52. The first-order chi connectivity index (χ1) is 10.2. The Morgan fingerprint density at radius 2 is 1.76 bits per heavy atom. The van der Waals surface area contributed by atoms with Crippen LogP contribution in [0.3, 0.4) is 0 Å². The second-order valence-electron chi connectivity index (χ2n) is 5.96. The van der Waals surface area contributed by atoms with Gasteiger partial charge in [-0.15, -0.1) is 0 Å². The monoisotopic (exact) mass is 281 g/mol. The van der Waals surface area contributed by atoms with Gasteiger partial charge >= 0.3 is 0 Å². The molecular formula is C19H23NO. The molecule has 0 bridgehead atoms. The Bertz CT molecular complexity index is 627. The van der Waals surface area contributed by atoms with Gasteiger partial charge in [-0.1, -0.05) is 30.3 Å². The third-order valence-electron chi connectivity index (χ3n) is 4.32. The van der Waals surface area contributed by atoms with Crippen molar-refractivity contribution < 1.29 is 4.74 Å². The third-order valence-corrected chi connectivity index (χ3v) is 4.32. The molecule has 2 aromatic rings. The smallest absolute Gasteiger partial charge is 0.126 e. The molecule has 2 nitrogen and oxygen atoms in total. The average Bonchev–Trinajstić information content (AvgIpc) is 3.32. The summed E-state index contributed by atoms with van der Waals surface area (Å²) in [6, 6.07) is 13.3. The highest BCUT2D eigenvalue weighted by Gasteiger charge is 2.22. The third kappa shape index (κ3) is 3.05. The number of aryl methyl sites for hydroxylation is 1. The highest BCUT2D eigenvalue weighted by atomic mass is 16.5. The molecule has 1 fully saturated rings. The highest BCUT2D eigenvalue weighted by molar-refractivity contribution is 5.59. The van der Waals surface area contributed by atoms with Gasteiger partial charge in [0, 0.05) is 17.8 Å². The Balaban J connectivity index is 1.69. The van der Waals surface area contributed by atoms with Crippen LogP contribution in [-0.4, -0.2) is 7.11 Å². The van der Waals surface area contributed by atoms with E-state index in [0.717, 1.165) is 23.9 Å². The van der Waals surface area contributed by atoms with Gasteiger partial charge in [0.15, 0.2) is 0 Å². The van der Waals surface area contributed by atoms with Crippen LogP contribution < -0.4 is 10.1 Å². The average molecular weight is 281 g/mol. The zero-order valence-corrected chi connectivity index (χ0v) is 13.1. The number of hydrogen-bond donors (Lipinski definition) is 1. The number of anilines is 1. The van der Waals surface area contributed by atoms with E-state index < -0.39 is 0 Å². The quantitative estimate of drug-likeness (QED) is 0.850. The van der Waals surface area contributed by atoms with Gasteiger partial charge in [0.25, 0.3) is 0 Å². The summed E-state index contributed by atoms with van der Waals surface area (Å²) >= 11 is 0. The molecule has 0 spiro atoms. The Hall–Kier alpha value is -1.96. The van der Waals surface area contributed by atoms with Crippen LogP contribution in [0.1, 0.15) is 41.0 Å². The zero-order valence-electron chi connectivity index (χ0n) is 13.1. The second kappa shape index (κ2) is 5.80. The standard InChI is InChI=1S/C19H23NO/c1-13-4-11-18(14(2)19(13)21-3)20-12-15-5-7-16(8-6-15)17-9-10-17/h4-8,11,17,20H,9-10,12H2,1-3H3. The van der Waals surface area contributed by atoms with Gasteiger partial charge in [0.2, 0.25) is 0 Å². The molecule has 0 radical (unpaired) electrons. The van der Waals surface area contributed by atoms with Gasteiger partial charge in [0.1, 0.15) is 5.75 Å². The SMILES string of the molecule is COc1c(C)ccc(NCc2ccc(C3CC3)cc2)c1C. The summed E-state index contributed by atoms with van der Waals surface area (Å²) in [4.78, 5) is 0. The maximum atomic E-state index is 5.48. The lowest BCUT2D eigenvalue weighted by Gasteiger charge is -2.15. The number of benzene rings is 2. The van der Waals surface area contributed by atoms with E-state index in [9.17, 15) is 0 Å². The topological polar surface area (TPSA) is 21.3 Å². The van der Waals surface area contributed by atoms with Gasteiger partial charge in [0.05, 0.1) is 7.11 Å². The molecule has 0 aromatic heterocycles. The molecule has 0 atom stereocenters. The molecule has 0 amide bonds. The molecule has 0 saturated heterocycles. The van der Waals surface area contributed by atoms with Crippen molar-refractivity contribution >= 4 is 5.69 Å². The maximum absolute atomic E-state index is 5.48. The van der Waals surface area contributed by atoms with E-state index in [1.54, 1.807) is 7.11 Å². The van der Waals surface area contributed by atoms with Crippen molar-refractivity contribution in [3.63, 3.8) is 0 Å². The normalized spacial score (nSPS) is 14.0. The fraction of sp³-hybridized carbons (Fsp3) is 0.368. The number of ether oxygens (including phenoxy) is 1. The Labute approximate surface area is 127 Å². The van der Waals surface area contributed by atoms with E-state index in [-0.39, 0.29) is 0 Å². The molecule has 2 aromatic carbocycles. The molecule has 1 aliphatic rings. The minimum atomic E-state index is 0.829. The van der Waals surface area contributed by atoms with Crippen LogP contribution in [0, 0.1) is 13.8 Å². The van der Waals surface area contributed by atoms with E-state index in [4.69, 9.17) is 4.74 Å². The van der Waals surface area contributed by atoms with E-state index in [2.05, 4.69) is 55.6 Å².